The van der Waals surface area contributed by atoms with Crippen LogP contribution in [-0.4, -0.2) is 24.9 Å². The van der Waals surface area contributed by atoms with Gasteiger partial charge in [-0.25, -0.2) is 18.5 Å². The Morgan fingerprint density at radius 2 is 1.75 bits per heavy atom. The fourth-order valence-corrected chi connectivity index (χ4v) is 3.26. The Hall–Kier alpha value is -2.97. The maximum Gasteiger partial charge on any atom is 0.238 e. The summed E-state index contributed by atoms with van der Waals surface area (Å²) in [6.45, 7) is 4.60. The van der Waals surface area contributed by atoms with Crippen LogP contribution in [0.25, 0.3) is 0 Å². The number of anilines is 3. The molecule has 0 unspecified atom stereocenters. The molecular formula is C20H23N5O2S. The summed E-state index contributed by atoms with van der Waals surface area (Å²) in [7, 11) is -3.66. The number of rotatable bonds is 7. The fraction of sp³-hybridized carbons (Fsp3) is 0.200. The minimum atomic E-state index is -3.66. The fourth-order valence-electron chi connectivity index (χ4n) is 2.75. The molecule has 3 rings (SSSR count). The van der Waals surface area contributed by atoms with Gasteiger partial charge < -0.3 is 10.6 Å². The van der Waals surface area contributed by atoms with Crippen molar-refractivity contribution in [3.8, 4) is 0 Å². The van der Waals surface area contributed by atoms with Crippen LogP contribution in [-0.2, 0) is 16.4 Å². The lowest BCUT2D eigenvalue weighted by molar-refractivity contribution is 0.598. The second-order valence-corrected chi connectivity index (χ2v) is 8.14. The first-order valence-corrected chi connectivity index (χ1v) is 10.4. The lowest BCUT2D eigenvalue weighted by Gasteiger charge is -2.10. The molecule has 28 heavy (non-hydrogen) atoms. The SMILES string of the molecule is Cc1cccc(Nc2nc(C)cc(NCCc3ccc(S(N)(=O)=O)cc3)n2)c1. The van der Waals surface area contributed by atoms with Gasteiger partial charge in [-0.3, -0.25) is 0 Å². The molecule has 0 amide bonds. The van der Waals surface area contributed by atoms with Gasteiger partial charge in [-0.1, -0.05) is 24.3 Å². The van der Waals surface area contributed by atoms with E-state index in [-0.39, 0.29) is 4.90 Å². The molecule has 0 saturated carbocycles. The number of hydrogen-bond donors (Lipinski definition) is 3. The van der Waals surface area contributed by atoms with Gasteiger partial charge in [0.05, 0.1) is 4.90 Å². The van der Waals surface area contributed by atoms with Crippen molar-refractivity contribution in [2.75, 3.05) is 17.2 Å². The van der Waals surface area contributed by atoms with E-state index in [1.165, 1.54) is 12.1 Å². The van der Waals surface area contributed by atoms with Crippen LogP contribution in [0.15, 0.2) is 59.5 Å². The first-order valence-electron chi connectivity index (χ1n) is 8.84. The van der Waals surface area contributed by atoms with E-state index in [0.717, 1.165) is 28.3 Å². The van der Waals surface area contributed by atoms with E-state index in [0.29, 0.717) is 18.9 Å². The van der Waals surface area contributed by atoms with Crippen molar-refractivity contribution >= 4 is 27.5 Å². The summed E-state index contributed by atoms with van der Waals surface area (Å²) in [4.78, 5) is 9.05. The summed E-state index contributed by atoms with van der Waals surface area (Å²) < 4.78 is 22.6. The summed E-state index contributed by atoms with van der Waals surface area (Å²) in [5.41, 5.74) is 3.95. The normalized spacial score (nSPS) is 11.2. The van der Waals surface area contributed by atoms with Crippen LogP contribution in [0, 0.1) is 13.8 Å². The van der Waals surface area contributed by atoms with Gasteiger partial charge in [0, 0.05) is 24.0 Å². The van der Waals surface area contributed by atoms with Gasteiger partial charge in [0.1, 0.15) is 5.82 Å². The van der Waals surface area contributed by atoms with E-state index >= 15 is 0 Å². The predicted molar refractivity (Wildman–Crippen MR) is 111 cm³/mol. The van der Waals surface area contributed by atoms with E-state index in [9.17, 15) is 8.42 Å². The molecule has 146 valence electrons. The molecule has 4 N–H and O–H groups in total. The van der Waals surface area contributed by atoms with E-state index in [1.807, 2.05) is 44.2 Å². The van der Waals surface area contributed by atoms with Gasteiger partial charge in [0.15, 0.2) is 0 Å². The van der Waals surface area contributed by atoms with Crippen molar-refractivity contribution in [3.63, 3.8) is 0 Å². The monoisotopic (exact) mass is 397 g/mol. The van der Waals surface area contributed by atoms with E-state index in [4.69, 9.17) is 5.14 Å². The highest BCUT2D eigenvalue weighted by Gasteiger charge is 2.07. The number of primary sulfonamides is 1. The predicted octanol–water partition coefficient (Wildman–Crippen LogP) is 3.14. The highest BCUT2D eigenvalue weighted by atomic mass is 32.2. The molecule has 1 heterocycles. The van der Waals surface area contributed by atoms with Gasteiger partial charge in [0.25, 0.3) is 0 Å². The molecule has 0 aliphatic rings. The molecule has 2 aromatic carbocycles. The number of nitrogens with two attached hydrogens (primary N) is 1. The summed E-state index contributed by atoms with van der Waals surface area (Å²) in [6.07, 6.45) is 0.717. The lowest BCUT2D eigenvalue weighted by atomic mass is 10.1. The number of sulfonamides is 1. The molecule has 8 heteroatoms. The largest absolute Gasteiger partial charge is 0.370 e. The third kappa shape index (κ3) is 5.51. The summed E-state index contributed by atoms with van der Waals surface area (Å²) in [5, 5.41) is 11.6. The Bertz CT molecular complexity index is 1070. The van der Waals surface area contributed by atoms with Crippen molar-refractivity contribution < 1.29 is 8.42 Å². The molecule has 0 saturated heterocycles. The van der Waals surface area contributed by atoms with Gasteiger partial charge in [-0.15, -0.1) is 0 Å². The van der Waals surface area contributed by atoms with Crippen LogP contribution in [0.2, 0.25) is 0 Å². The zero-order valence-electron chi connectivity index (χ0n) is 15.8. The van der Waals surface area contributed by atoms with Gasteiger partial charge in [-0.2, -0.15) is 4.98 Å². The quantitative estimate of drug-likeness (QED) is 0.565. The number of nitrogens with one attached hydrogen (secondary N) is 2. The number of nitrogens with zero attached hydrogens (tertiary/aromatic N) is 2. The van der Waals surface area contributed by atoms with Crippen LogP contribution in [0.1, 0.15) is 16.8 Å². The third-order valence-corrected chi connectivity index (χ3v) is 5.03. The van der Waals surface area contributed by atoms with E-state index in [2.05, 4.69) is 20.6 Å². The zero-order chi connectivity index (χ0) is 20.1. The topological polar surface area (TPSA) is 110 Å². The maximum atomic E-state index is 11.3. The lowest BCUT2D eigenvalue weighted by Crippen LogP contribution is -2.12. The number of aryl methyl sites for hydroxylation is 2. The van der Waals surface area contributed by atoms with Crippen molar-refractivity contribution in [2.24, 2.45) is 5.14 Å². The van der Waals surface area contributed by atoms with Gasteiger partial charge >= 0.3 is 0 Å². The number of benzene rings is 2. The third-order valence-electron chi connectivity index (χ3n) is 4.10. The molecule has 7 nitrogen and oxygen atoms in total. The smallest absolute Gasteiger partial charge is 0.238 e. The Labute approximate surface area is 165 Å². The summed E-state index contributed by atoms with van der Waals surface area (Å²) in [6, 6.07) is 16.5. The van der Waals surface area contributed by atoms with E-state index < -0.39 is 10.0 Å². The van der Waals surface area contributed by atoms with E-state index in [1.54, 1.807) is 12.1 Å². The van der Waals surface area contributed by atoms with Crippen LogP contribution < -0.4 is 15.8 Å². The molecule has 0 atom stereocenters. The van der Waals surface area contributed by atoms with Crippen molar-refractivity contribution in [1.82, 2.24) is 9.97 Å². The Kier molecular flexibility index (Phi) is 5.91. The van der Waals surface area contributed by atoms with Crippen LogP contribution in [0.5, 0.6) is 0 Å². The molecule has 0 radical (unpaired) electrons. The molecule has 0 spiro atoms. The molecule has 0 bridgehead atoms. The average molecular weight is 398 g/mol. The minimum absolute atomic E-state index is 0.113. The van der Waals surface area contributed by atoms with Gasteiger partial charge in [-0.05, 0) is 55.7 Å². The minimum Gasteiger partial charge on any atom is -0.370 e. The average Bonchev–Trinajstić information content (AvgIpc) is 2.61. The second-order valence-electron chi connectivity index (χ2n) is 6.58. The standard InChI is InChI=1S/C20H23N5O2S/c1-14-4-3-5-17(12-14)24-20-23-15(2)13-19(25-20)22-11-10-16-6-8-18(9-7-16)28(21,26)27/h3-9,12-13H,10-11H2,1-2H3,(H2,21,26,27)(H2,22,23,24,25). The van der Waals surface area contributed by atoms with Crippen molar-refractivity contribution in [1.29, 1.82) is 0 Å². The first kappa shape index (κ1) is 19.8. The molecular weight excluding hydrogens is 374 g/mol. The molecule has 0 aliphatic heterocycles. The number of hydrogen-bond acceptors (Lipinski definition) is 6. The number of aromatic nitrogens is 2. The molecule has 0 aliphatic carbocycles. The van der Waals surface area contributed by atoms with Crippen LogP contribution in [0.4, 0.5) is 17.5 Å². The molecule has 3 aromatic rings. The first-order chi connectivity index (χ1) is 13.3. The van der Waals surface area contributed by atoms with Crippen LogP contribution in [0.3, 0.4) is 0 Å². The zero-order valence-corrected chi connectivity index (χ0v) is 16.6. The Balaban J connectivity index is 1.62. The molecule has 0 fully saturated rings. The Morgan fingerprint density at radius 1 is 1.00 bits per heavy atom. The summed E-state index contributed by atoms with van der Waals surface area (Å²) >= 11 is 0. The maximum absolute atomic E-state index is 11.3. The van der Waals surface area contributed by atoms with Crippen molar-refractivity contribution in [2.45, 2.75) is 25.2 Å². The molecule has 1 aromatic heterocycles. The highest BCUT2D eigenvalue weighted by Crippen LogP contribution is 2.17. The second kappa shape index (κ2) is 8.37. The highest BCUT2D eigenvalue weighted by molar-refractivity contribution is 7.89. The van der Waals surface area contributed by atoms with Gasteiger partial charge in [0.2, 0.25) is 16.0 Å². The van der Waals surface area contributed by atoms with Crippen molar-refractivity contribution in [3.05, 3.63) is 71.4 Å². The Morgan fingerprint density at radius 3 is 2.43 bits per heavy atom. The van der Waals surface area contributed by atoms with Crippen LogP contribution >= 0.6 is 0 Å². The summed E-state index contributed by atoms with van der Waals surface area (Å²) in [5.74, 6) is 1.26.